The third-order valence-electron chi connectivity index (χ3n) is 11.1. The van der Waals surface area contributed by atoms with E-state index in [1.54, 1.807) is 87.6 Å². The lowest BCUT2D eigenvalue weighted by Crippen LogP contribution is -2.48. The number of carbonyl (C=O) groups is 4. The van der Waals surface area contributed by atoms with Gasteiger partial charge in [0.2, 0.25) is 0 Å². The monoisotopic (exact) mass is 920 g/mol. The smallest absolute Gasteiger partial charge is 0.411 e. The van der Waals surface area contributed by atoms with Crippen LogP contribution in [0.25, 0.3) is 33.4 Å². The minimum absolute atomic E-state index is 0.0538. The fourth-order valence-corrected chi connectivity index (χ4v) is 8.51. The first-order valence-electron chi connectivity index (χ1n) is 22.6. The molecule has 6 rings (SSSR count). The predicted octanol–water partition coefficient (Wildman–Crippen LogP) is 9.62. The van der Waals surface area contributed by atoms with Crippen LogP contribution in [0.2, 0.25) is 0 Å². The van der Waals surface area contributed by atoms with Crippen molar-refractivity contribution in [3.63, 3.8) is 0 Å². The summed E-state index contributed by atoms with van der Waals surface area (Å²) in [5, 5.41) is 3.87. The number of ether oxygens (including phenoxy) is 6. The van der Waals surface area contributed by atoms with E-state index >= 15 is 0 Å². The largest absolute Gasteiger partial charge is 0.496 e. The van der Waals surface area contributed by atoms with Gasteiger partial charge in [0.1, 0.15) is 45.7 Å². The van der Waals surface area contributed by atoms with Gasteiger partial charge in [-0.3, -0.25) is 19.3 Å². The normalized spacial score (nSPS) is 16.5. The van der Waals surface area contributed by atoms with E-state index in [2.05, 4.69) is 5.32 Å². The van der Waals surface area contributed by atoms with E-state index in [9.17, 15) is 24.0 Å². The molecule has 0 bridgehead atoms. The maximum absolute atomic E-state index is 14.1. The molecule has 0 spiro atoms. The maximum Gasteiger partial charge on any atom is 0.411 e. The summed E-state index contributed by atoms with van der Waals surface area (Å²) in [6.07, 6.45) is 0.296. The summed E-state index contributed by atoms with van der Waals surface area (Å²) in [7, 11) is 3.09. The molecule has 2 amide bonds. The van der Waals surface area contributed by atoms with Gasteiger partial charge in [-0.2, -0.15) is 0 Å². The average molecular weight is 921 g/mol. The second kappa shape index (κ2) is 20.2. The molecular weight excluding hydrogens is 857 g/mol. The number of hydrogen-bond acceptors (Lipinski definition) is 12. The fourth-order valence-electron chi connectivity index (χ4n) is 8.51. The molecule has 2 heterocycles. The van der Waals surface area contributed by atoms with Crippen molar-refractivity contribution < 1.29 is 52.0 Å². The van der Waals surface area contributed by atoms with Crippen molar-refractivity contribution in [1.82, 2.24) is 10.2 Å². The number of esters is 2. The number of fused-ring (bicyclic) bond motifs is 2. The molecule has 14 nitrogen and oxygen atoms in total. The third kappa shape index (κ3) is 12.5. The van der Waals surface area contributed by atoms with Crippen LogP contribution in [-0.2, 0) is 35.0 Å². The minimum atomic E-state index is -1.16. The van der Waals surface area contributed by atoms with Crippen LogP contribution in [0.4, 0.5) is 4.79 Å². The van der Waals surface area contributed by atoms with Crippen LogP contribution in [0.5, 0.6) is 11.5 Å². The van der Waals surface area contributed by atoms with E-state index in [1.807, 2.05) is 49.4 Å². The number of likely N-dealkylation sites (tertiary alicyclic amines) is 1. The molecule has 3 aromatic rings. The molecule has 67 heavy (non-hydrogen) atoms. The molecule has 2 aliphatic heterocycles. The Morgan fingerprint density at radius 1 is 0.791 bits per heavy atom. The summed E-state index contributed by atoms with van der Waals surface area (Å²) in [5.41, 5.74) is 3.33. The number of amides is 2. The summed E-state index contributed by atoms with van der Waals surface area (Å²) < 4.78 is 40.2. The molecule has 1 saturated heterocycles. The molecule has 1 fully saturated rings. The molecule has 3 aromatic carbocycles. The van der Waals surface area contributed by atoms with Gasteiger partial charge in [-0.1, -0.05) is 18.2 Å². The first-order chi connectivity index (χ1) is 31.4. The Bertz CT molecular complexity index is 2650. The molecule has 3 atom stereocenters. The van der Waals surface area contributed by atoms with Crippen molar-refractivity contribution in [3.05, 3.63) is 105 Å². The van der Waals surface area contributed by atoms with E-state index in [-0.39, 0.29) is 31.1 Å². The molecule has 1 aliphatic carbocycles. The predicted molar refractivity (Wildman–Crippen MR) is 255 cm³/mol. The lowest BCUT2D eigenvalue weighted by molar-refractivity contribution is -0.163. The number of aryl methyl sites for hydroxylation is 2. The number of benzene rings is 4. The number of hydrogen-bond donors (Lipinski definition) is 1. The van der Waals surface area contributed by atoms with Gasteiger partial charge in [0.25, 0.3) is 5.91 Å². The van der Waals surface area contributed by atoms with Crippen molar-refractivity contribution in [2.24, 2.45) is 5.92 Å². The second-order valence-electron chi connectivity index (χ2n) is 20.0. The van der Waals surface area contributed by atoms with E-state index in [0.29, 0.717) is 53.4 Å². The highest BCUT2D eigenvalue weighted by molar-refractivity contribution is 6.03. The average Bonchev–Trinajstić information content (AvgIpc) is 3.60. The van der Waals surface area contributed by atoms with E-state index in [4.69, 9.17) is 32.8 Å². The van der Waals surface area contributed by atoms with Gasteiger partial charge in [-0.05, 0) is 147 Å². The van der Waals surface area contributed by atoms with Crippen LogP contribution in [0.1, 0.15) is 108 Å². The van der Waals surface area contributed by atoms with E-state index < -0.39 is 52.7 Å². The van der Waals surface area contributed by atoms with Crippen molar-refractivity contribution in [3.8, 4) is 33.9 Å². The Morgan fingerprint density at radius 3 is 2.15 bits per heavy atom. The van der Waals surface area contributed by atoms with Crippen molar-refractivity contribution in [2.75, 3.05) is 34.1 Å². The van der Waals surface area contributed by atoms with Crippen molar-refractivity contribution >= 4 is 34.9 Å². The molecule has 0 saturated carbocycles. The Kier molecular flexibility index (Phi) is 15.1. The van der Waals surface area contributed by atoms with Crippen molar-refractivity contribution in [1.29, 1.82) is 0 Å². The molecule has 3 aliphatic rings. The molecular formula is C53H64N2O12. The van der Waals surface area contributed by atoms with Crippen LogP contribution in [0.15, 0.2) is 82.0 Å². The topological polar surface area (TPSA) is 169 Å². The molecule has 0 unspecified atom stereocenters. The standard InChI is InChI=1S/C53H64N2O12/c1-31-24-33(16-19-36(31)46-37-20-17-34(56)26-43(37)64-44-27-35(63-30-61-11)18-21-38(44)46)48(58)54-23-13-14-32-15-22-42(62-12)39(25-32)41-29-55(50(60)67-53(8,9)10)47(49(59)66-52(5,6)7)40(41)28-45(57)65-51(2,3)4/h15-22,24-27,40-41,47H,13-14,23,28-30H2,1-12H3,(H,54,58)/t40-,41+,47-/m0/s1. The quantitative estimate of drug-likeness (QED) is 0.0369. The summed E-state index contributed by atoms with van der Waals surface area (Å²) in [4.78, 5) is 68.8. The molecule has 1 N–H and O–H groups in total. The number of nitrogens with one attached hydrogen (secondary N) is 1. The van der Waals surface area contributed by atoms with Gasteiger partial charge in [-0.25, -0.2) is 9.59 Å². The third-order valence-corrected chi connectivity index (χ3v) is 11.1. The molecule has 358 valence electrons. The minimum Gasteiger partial charge on any atom is -0.496 e. The summed E-state index contributed by atoms with van der Waals surface area (Å²) in [6.45, 7) is 18.3. The summed E-state index contributed by atoms with van der Waals surface area (Å²) in [5.74, 6) is -1.17. The van der Waals surface area contributed by atoms with Crippen LogP contribution in [0.3, 0.4) is 0 Å². The van der Waals surface area contributed by atoms with Gasteiger partial charge in [0, 0.05) is 66.2 Å². The van der Waals surface area contributed by atoms with Gasteiger partial charge < -0.3 is 38.2 Å². The first-order valence-corrected chi connectivity index (χ1v) is 22.6. The highest BCUT2D eigenvalue weighted by Gasteiger charge is 2.52. The Hall–Kier alpha value is -6.41. The number of rotatable bonds is 14. The molecule has 14 heteroatoms. The second-order valence-corrected chi connectivity index (χ2v) is 20.0. The molecule has 0 aromatic heterocycles. The Labute approximate surface area is 392 Å². The zero-order chi connectivity index (χ0) is 49.0. The Morgan fingerprint density at radius 2 is 1.49 bits per heavy atom. The van der Waals surface area contributed by atoms with Crippen LogP contribution in [-0.4, -0.2) is 85.8 Å². The maximum atomic E-state index is 14.1. The van der Waals surface area contributed by atoms with Crippen molar-refractivity contribution in [2.45, 2.75) is 117 Å². The number of methoxy groups -OCH3 is 2. The number of carbonyl (C=O) groups excluding carboxylic acids is 4. The summed E-state index contributed by atoms with van der Waals surface area (Å²) in [6, 6.07) is 20.4. The van der Waals surface area contributed by atoms with Gasteiger partial charge in [0.05, 0.1) is 13.5 Å². The first kappa shape index (κ1) is 50.0. The molecule has 0 radical (unpaired) electrons. The fraction of sp³-hybridized carbons (Fsp3) is 0.453. The van der Waals surface area contributed by atoms with Crippen LogP contribution >= 0.6 is 0 Å². The number of nitrogens with zero attached hydrogens (tertiary/aromatic N) is 1. The van der Waals surface area contributed by atoms with Gasteiger partial charge >= 0.3 is 18.0 Å². The zero-order valence-corrected chi connectivity index (χ0v) is 40.7. The lowest BCUT2D eigenvalue weighted by atomic mass is 9.81. The van der Waals surface area contributed by atoms with Crippen LogP contribution < -0.4 is 20.2 Å². The van der Waals surface area contributed by atoms with Crippen LogP contribution in [0, 0.1) is 12.8 Å². The highest BCUT2D eigenvalue weighted by atomic mass is 16.7. The highest BCUT2D eigenvalue weighted by Crippen LogP contribution is 2.46. The van der Waals surface area contributed by atoms with E-state index in [0.717, 1.165) is 33.2 Å². The van der Waals surface area contributed by atoms with Gasteiger partial charge in [-0.15, -0.1) is 0 Å². The van der Waals surface area contributed by atoms with E-state index in [1.165, 1.54) is 24.1 Å². The SMILES string of the molecule is COCOc1ccc2c(-c3ccc(C(=O)NCCCc4ccc(OC)c([C@H]5CN(C(=O)OC(C)(C)C)[C@H](C(=O)OC(C)(C)C)[C@H]5CC(=O)OC(C)(C)C)c4)cc3C)c3ccc(=O)cc-3oc2c1. The summed E-state index contributed by atoms with van der Waals surface area (Å²) >= 11 is 0. The lowest BCUT2D eigenvalue weighted by Gasteiger charge is -2.31. The zero-order valence-electron chi connectivity index (χ0n) is 40.7. The van der Waals surface area contributed by atoms with Gasteiger partial charge in [0.15, 0.2) is 12.2 Å². The Balaban J connectivity index is 1.22.